The Morgan fingerprint density at radius 3 is 2.30 bits per heavy atom. The second-order valence-electron chi connectivity index (χ2n) is 5.21. The Balaban J connectivity index is 2.83. The number of hydrazone groups is 1. The van der Waals surface area contributed by atoms with Crippen LogP contribution in [-0.2, 0) is 16.0 Å². The lowest BCUT2D eigenvalue weighted by molar-refractivity contribution is -0.114. The molecule has 0 aromatic heterocycles. The topological polar surface area (TPSA) is 58.5 Å². The fraction of sp³-hybridized carbons (Fsp3) is 0.438. The molecule has 1 rings (SSSR count). The molecule has 0 fully saturated rings. The van der Waals surface area contributed by atoms with E-state index in [4.69, 9.17) is 0 Å². The highest BCUT2D eigenvalue weighted by atomic mass is 19.3. The molecule has 0 heterocycles. The molecule has 0 amide bonds. The van der Waals surface area contributed by atoms with Crippen molar-refractivity contribution in [3.05, 3.63) is 29.6 Å². The Labute approximate surface area is 132 Å². The number of halogens is 3. The van der Waals surface area contributed by atoms with Gasteiger partial charge in [0.1, 0.15) is 5.82 Å². The maximum absolute atomic E-state index is 13.9. The lowest BCUT2D eigenvalue weighted by atomic mass is 10.0. The summed E-state index contributed by atoms with van der Waals surface area (Å²) < 4.78 is 40.3. The SMILES string of the molecule is CCC(F)(F)CCc1ccc(NN=C(C(C)=O)C(C)=O)c(F)c1. The standard InChI is InChI=1S/C16H19F3N2O2/c1-4-16(18,19)8-7-12-5-6-14(13(17)9-12)20-21-15(10(2)22)11(3)23/h5-6,9,20H,4,7-8H2,1-3H3. The number of hydrogen-bond donors (Lipinski definition) is 1. The van der Waals surface area contributed by atoms with E-state index < -0.39 is 23.3 Å². The van der Waals surface area contributed by atoms with Crippen LogP contribution in [0.2, 0.25) is 0 Å². The number of ketones is 2. The first-order chi connectivity index (χ1) is 10.7. The van der Waals surface area contributed by atoms with E-state index in [0.717, 1.165) is 6.07 Å². The van der Waals surface area contributed by atoms with E-state index in [1.54, 1.807) is 0 Å². The Hall–Kier alpha value is -2.18. The first-order valence-corrected chi connectivity index (χ1v) is 7.18. The predicted molar refractivity (Wildman–Crippen MR) is 82.4 cm³/mol. The van der Waals surface area contributed by atoms with Crippen molar-refractivity contribution < 1.29 is 22.8 Å². The molecule has 126 valence electrons. The number of aryl methyl sites for hydroxylation is 1. The van der Waals surface area contributed by atoms with Crippen LogP contribution in [0.25, 0.3) is 0 Å². The van der Waals surface area contributed by atoms with Crippen molar-refractivity contribution in [2.45, 2.75) is 46.0 Å². The summed E-state index contributed by atoms with van der Waals surface area (Å²) in [5.41, 5.74) is 2.37. The average Bonchev–Trinajstić information content (AvgIpc) is 2.46. The van der Waals surface area contributed by atoms with Gasteiger partial charge in [0.05, 0.1) is 5.69 Å². The normalized spacial score (nSPS) is 11.0. The molecule has 0 unspecified atom stereocenters. The molecule has 0 saturated carbocycles. The number of carbonyl (C=O) groups is 2. The third-order valence-electron chi connectivity index (χ3n) is 3.29. The molecular weight excluding hydrogens is 309 g/mol. The number of anilines is 1. The van der Waals surface area contributed by atoms with Crippen molar-refractivity contribution in [3.63, 3.8) is 0 Å². The van der Waals surface area contributed by atoms with Gasteiger partial charge in [0, 0.05) is 26.7 Å². The minimum atomic E-state index is -2.77. The maximum Gasteiger partial charge on any atom is 0.248 e. The highest BCUT2D eigenvalue weighted by Gasteiger charge is 2.25. The van der Waals surface area contributed by atoms with E-state index in [0.29, 0.717) is 5.56 Å². The van der Waals surface area contributed by atoms with Crippen molar-refractivity contribution >= 4 is 23.0 Å². The molecule has 7 heteroatoms. The summed E-state index contributed by atoms with van der Waals surface area (Å²) in [6.45, 7) is 3.75. The summed E-state index contributed by atoms with van der Waals surface area (Å²) >= 11 is 0. The second kappa shape index (κ2) is 7.89. The van der Waals surface area contributed by atoms with Crippen LogP contribution in [0.5, 0.6) is 0 Å². The monoisotopic (exact) mass is 328 g/mol. The second-order valence-corrected chi connectivity index (χ2v) is 5.21. The van der Waals surface area contributed by atoms with Crippen molar-refractivity contribution in [1.82, 2.24) is 0 Å². The third kappa shape index (κ3) is 5.84. The lowest BCUT2D eigenvalue weighted by Gasteiger charge is -2.13. The summed E-state index contributed by atoms with van der Waals surface area (Å²) in [6, 6.07) is 3.95. The number of Topliss-reactive ketones (excluding diaryl/α,β-unsaturated/α-hetero) is 2. The molecular formula is C16H19F3N2O2. The molecule has 0 aliphatic carbocycles. The van der Waals surface area contributed by atoms with Crippen LogP contribution >= 0.6 is 0 Å². The first kappa shape index (κ1) is 18.9. The van der Waals surface area contributed by atoms with Gasteiger partial charge in [0.15, 0.2) is 17.3 Å². The van der Waals surface area contributed by atoms with E-state index >= 15 is 0 Å². The number of carbonyl (C=O) groups excluding carboxylic acids is 2. The van der Waals surface area contributed by atoms with Crippen LogP contribution in [0.4, 0.5) is 18.9 Å². The summed E-state index contributed by atoms with van der Waals surface area (Å²) in [4.78, 5) is 22.4. The highest BCUT2D eigenvalue weighted by molar-refractivity contribution is 6.65. The molecule has 0 atom stereocenters. The van der Waals surface area contributed by atoms with Crippen LogP contribution in [0.3, 0.4) is 0 Å². The first-order valence-electron chi connectivity index (χ1n) is 7.18. The largest absolute Gasteiger partial charge is 0.293 e. The van der Waals surface area contributed by atoms with E-state index in [9.17, 15) is 22.8 Å². The minimum Gasteiger partial charge on any atom is -0.293 e. The van der Waals surface area contributed by atoms with Gasteiger partial charge >= 0.3 is 0 Å². The minimum absolute atomic E-state index is 0.0454. The van der Waals surface area contributed by atoms with E-state index in [-0.39, 0.29) is 30.7 Å². The van der Waals surface area contributed by atoms with E-state index in [1.807, 2.05) is 0 Å². The molecule has 23 heavy (non-hydrogen) atoms. The average molecular weight is 328 g/mol. The highest BCUT2D eigenvalue weighted by Crippen LogP contribution is 2.25. The number of nitrogens with zero attached hydrogens (tertiary/aromatic N) is 1. The van der Waals surface area contributed by atoms with Gasteiger partial charge < -0.3 is 0 Å². The Bertz CT molecular complexity index is 612. The molecule has 0 spiro atoms. The zero-order chi connectivity index (χ0) is 17.6. The lowest BCUT2D eigenvalue weighted by Crippen LogP contribution is -2.20. The fourth-order valence-corrected chi connectivity index (χ4v) is 1.83. The molecule has 4 nitrogen and oxygen atoms in total. The summed E-state index contributed by atoms with van der Waals surface area (Å²) in [6.07, 6.45) is -0.567. The summed E-state index contributed by atoms with van der Waals surface area (Å²) in [7, 11) is 0. The summed E-state index contributed by atoms with van der Waals surface area (Å²) in [5.74, 6) is -4.54. The Morgan fingerprint density at radius 2 is 1.83 bits per heavy atom. The van der Waals surface area contributed by atoms with Gasteiger partial charge in [-0.1, -0.05) is 13.0 Å². The van der Waals surface area contributed by atoms with Crippen LogP contribution < -0.4 is 5.43 Å². The molecule has 0 radical (unpaired) electrons. The van der Waals surface area contributed by atoms with Crippen molar-refractivity contribution in [2.75, 3.05) is 5.43 Å². The van der Waals surface area contributed by atoms with Crippen LogP contribution in [0, 0.1) is 5.82 Å². The molecule has 0 aliphatic heterocycles. The van der Waals surface area contributed by atoms with Gasteiger partial charge in [0.25, 0.3) is 0 Å². The van der Waals surface area contributed by atoms with E-state index in [1.165, 1.54) is 32.9 Å². The van der Waals surface area contributed by atoms with E-state index in [2.05, 4.69) is 10.5 Å². The number of hydrogen-bond acceptors (Lipinski definition) is 4. The fourth-order valence-electron chi connectivity index (χ4n) is 1.83. The molecule has 1 aromatic carbocycles. The zero-order valence-electron chi connectivity index (χ0n) is 13.3. The molecule has 0 saturated heterocycles. The van der Waals surface area contributed by atoms with Crippen molar-refractivity contribution in [1.29, 1.82) is 0 Å². The molecule has 0 bridgehead atoms. The van der Waals surface area contributed by atoms with Gasteiger partial charge in [-0.15, -0.1) is 0 Å². The molecule has 1 aromatic rings. The van der Waals surface area contributed by atoms with Crippen molar-refractivity contribution in [3.8, 4) is 0 Å². The third-order valence-corrected chi connectivity index (χ3v) is 3.29. The van der Waals surface area contributed by atoms with Gasteiger partial charge in [-0.3, -0.25) is 15.0 Å². The Morgan fingerprint density at radius 1 is 1.22 bits per heavy atom. The maximum atomic E-state index is 13.9. The van der Waals surface area contributed by atoms with Gasteiger partial charge in [-0.2, -0.15) is 5.10 Å². The Kier molecular flexibility index (Phi) is 6.48. The molecule has 0 aliphatic rings. The number of nitrogens with one attached hydrogen (secondary N) is 1. The zero-order valence-corrected chi connectivity index (χ0v) is 13.3. The van der Waals surface area contributed by atoms with Crippen LogP contribution in [-0.4, -0.2) is 23.2 Å². The quantitative estimate of drug-likeness (QED) is 0.449. The van der Waals surface area contributed by atoms with Crippen LogP contribution in [0.1, 0.15) is 39.2 Å². The smallest absolute Gasteiger partial charge is 0.248 e. The number of alkyl halides is 2. The summed E-state index contributed by atoms with van der Waals surface area (Å²) in [5, 5.41) is 3.59. The van der Waals surface area contributed by atoms with Gasteiger partial charge in [0.2, 0.25) is 5.92 Å². The van der Waals surface area contributed by atoms with Crippen molar-refractivity contribution in [2.24, 2.45) is 5.10 Å². The van der Waals surface area contributed by atoms with Gasteiger partial charge in [-0.25, -0.2) is 13.2 Å². The predicted octanol–water partition coefficient (Wildman–Crippen LogP) is 3.75. The van der Waals surface area contributed by atoms with Crippen LogP contribution in [0.15, 0.2) is 23.3 Å². The number of benzene rings is 1. The number of rotatable bonds is 8. The molecule has 1 N–H and O–H groups in total. The van der Waals surface area contributed by atoms with Gasteiger partial charge in [-0.05, 0) is 24.1 Å².